The number of aryl methyl sites for hydroxylation is 1. The van der Waals surface area contributed by atoms with Crippen molar-refractivity contribution < 1.29 is 9.59 Å². The van der Waals surface area contributed by atoms with Gasteiger partial charge in [0.2, 0.25) is 5.91 Å². The number of aromatic nitrogens is 1. The van der Waals surface area contributed by atoms with Crippen molar-refractivity contribution >= 4 is 29.1 Å². The number of primary amides is 1. The van der Waals surface area contributed by atoms with Crippen LogP contribution in [0.1, 0.15) is 26.4 Å². The average molecular weight is 290 g/mol. The van der Waals surface area contributed by atoms with Crippen LogP contribution in [0.5, 0.6) is 0 Å². The van der Waals surface area contributed by atoms with Crippen LogP contribution in [-0.4, -0.2) is 16.8 Å². The van der Waals surface area contributed by atoms with Crippen molar-refractivity contribution in [2.75, 3.05) is 5.32 Å². The van der Waals surface area contributed by atoms with E-state index in [9.17, 15) is 9.59 Å². The van der Waals surface area contributed by atoms with Gasteiger partial charge in [0.15, 0.2) is 0 Å². The number of pyridine rings is 1. The molecular weight excluding hydrogens is 278 g/mol. The molecule has 0 fully saturated rings. The Morgan fingerprint density at radius 3 is 2.60 bits per heavy atom. The Balaban J connectivity index is 2.22. The molecule has 0 saturated heterocycles. The summed E-state index contributed by atoms with van der Waals surface area (Å²) in [6.07, 6.45) is 0. The first kappa shape index (κ1) is 14.0. The van der Waals surface area contributed by atoms with Crippen LogP contribution in [0.4, 0.5) is 5.69 Å². The standard InChI is InChI=1S/C14H12ClN3O2/c1-8-7-9(13(16)19)5-6-10(8)18-14(20)11-3-2-4-12(15)17-11/h2-7H,1H3,(H2,16,19)(H,18,20). The molecular formula is C14H12ClN3O2. The third kappa shape index (κ3) is 3.13. The molecule has 1 aromatic carbocycles. The highest BCUT2D eigenvalue weighted by Gasteiger charge is 2.10. The van der Waals surface area contributed by atoms with E-state index < -0.39 is 5.91 Å². The summed E-state index contributed by atoms with van der Waals surface area (Å²) < 4.78 is 0. The second-order valence-electron chi connectivity index (χ2n) is 4.19. The van der Waals surface area contributed by atoms with Gasteiger partial charge in [-0.2, -0.15) is 0 Å². The van der Waals surface area contributed by atoms with Gasteiger partial charge in [0, 0.05) is 11.3 Å². The first-order valence-electron chi connectivity index (χ1n) is 5.82. The van der Waals surface area contributed by atoms with E-state index >= 15 is 0 Å². The maximum absolute atomic E-state index is 12.0. The zero-order chi connectivity index (χ0) is 14.7. The van der Waals surface area contributed by atoms with Gasteiger partial charge in [-0.25, -0.2) is 4.98 Å². The van der Waals surface area contributed by atoms with E-state index in [1.165, 1.54) is 0 Å². The maximum Gasteiger partial charge on any atom is 0.274 e. The molecule has 0 radical (unpaired) electrons. The van der Waals surface area contributed by atoms with Crippen molar-refractivity contribution in [2.24, 2.45) is 5.73 Å². The fraction of sp³-hybridized carbons (Fsp3) is 0.0714. The van der Waals surface area contributed by atoms with Crippen LogP contribution in [0.2, 0.25) is 5.15 Å². The number of nitrogens with zero attached hydrogens (tertiary/aromatic N) is 1. The second kappa shape index (κ2) is 5.71. The molecule has 2 amide bonds. The van der Waals surface area contributed by atoms with E-state index in [-0.39, 0.29) is 16.8 Å². The highest BCUT2D eigenvalue weighted by Crippen LogP contribution is 2.17. The number of nitrogens with one attached hydrogen (secondary N) is 1. The third-order valence-corrected chi connectivity index (χ3v) is 2.92. The second-order valence-corrected chi connectivity index (χ2v) is 4.58. The third-order valence-electron chi connectivity index (χ3n) is 2.71. The van der Waals surface area contributed by atoms with Crippen LogP contribution < -0.4 is 11.1 Å². The topological polar surface area (TPSA) is 85.1 Å². The van der Waals surface area contributed by atoms with Gasteiger partial charge in [0.1, 0.15) is 10.8 Å². The zero-order valence-electron chi connectivity index (χ0n) is 10.7. The van der Waals surface area contributed by atoms with E-state index in [0.29, 0.717) is 11.3 Å². The number of hydrogen-bond donors (Lipinski definition) is 2. The molecule has 1 aromatic heterocycles. The summed E-state index contributed by atoms with van der Waals surface area (Å²) in [6, 6.07) is 9.59. The Morgan fingerprint density at radius 1 is 1.25 bits per heavy atom. The van der Waals surface area contributed by atoms with E-state index in [1.54, 1.807) is 43.3 Å². The first-order valence-corrected chi connectivity index (χ1v) is 6.19. The lowest BCUT2D eigenvalue weighted by atomic mass is 10.1. The van der Waals surface area contributed by atoms with Crippen molar-refractivity contribution in [1.29, 1.82) is 0 Å². The van der Waals surface area contributed by atoms with E-state index in [4.69, 9.17) is 17.3 Å². The number of benzene rings is 1. The number of carbonyl (C=O) groups is 2. The largest absolute Gasteiger partial charge is 0.366 e. The van der Waals surface area contributed by atoms with Gasteiger partial charge in [-0.15, -0.1) is 0 Å². The predicted molar refractivity (Wildman–Crippen MR) is 76.9 cm³/mol. The van der Waals surface area contributed by atoms with Crippen LogP contribution in [0, 0.1) is 6.92 Å². The van der Waals surface area contributed by atoms with Gasteiger partial charge >= 0.3 is 0 Å². The Labute approximate surface area is 120 Å². The molecule has 2 aromatic rings. The van der Waals surface area contributed by atoms with E-state index in [0.717, 1.165) is 5.56 Å². The van der Waals surface area contributed by atoms with Crippen LogP contribution in [-0.2, 0) is 0 Å². The van der Waals surface area contributed by atoms with Gasteiger partial charge < -0.3 is 11.1 Å². The lowest BCUT2D eigenvalue weighted by molar-refractivity contribution is 0.0998. The molecule has 3 N–H and O–H groups in total. The molecule has 5 nitrogen and oxygen atoms in total. The average Bonchev–Trinajstić information content (AvgIpc) is 2.40. The van der Waals surface area contributed by atoms with Crippen molar-refractivity contribution in [2.45, 2.75) is 6.92 Å². The normalized spacial score (nSPS) is 10.1. The van der Waals surface area contributed by atoms with E-state index in [2.05, 4.69) is 10.3 Å². The maximum atomic E-state index is 12.0. The molecule has 1 heterocycles. The number of nitrogens with two attached hydrogens (primary N) is 1. The number of anilines is 1. The molecule has 0 aliphatic carbocycles. The molecule has 0 aliphatic heterocycles. The first-order chi connectivity index (χ1) is 9.47. The number of carbonyl (C=O) groups excluding carboxylic acids is 2. The summed E-state index contributed by atoms with van der Waals surface area (Å²) in [5, 5.41) is 2.96. The zero-order valence-corrected chi connectivity index (χ0v) is 11.4. The molecule has 0 bridgehead atoms. The lowest BCUT2D eigenvalue weighted by Gasteiger charge is -2.09. The molecule has 0 spiro atoms. The van der Waals surface area contributed by atoms with Crippen molar-refractivity contribution in [3.63, 3.8) is 0 Å². The van der Waals surface area contributed by atoms with Crippen LogP contribution in [0.3, 0.4) is 0 Å². The number of hydrogen-bond acceptors (Lipinski definition) is 3. The Kier molecular flexibility index (Phi) is 4.00. The molecule has 0 aliphatic rings. The summed E-state index contributed by atoms with van der Waals surface area (Å²) in [5.74, 6) is -0.884. The quantitative estimate of drug-likeness (QED) is 0.851. The van der Waals surface area contributed by atoms with Crippen LogP contribution in [0.15, 0.2) is 36.4 Å². The van der Waals surface area contributed by atoms with E-state index in [1.807, 2.05) is 0 Å². The molecule has 20 heavy (non-hydrogen) atoms. The number of rotatable bonds is 3. The summed E-state index contributed by atoms with van der Waals surface area (Å²) >= 11 is 5.74. The smallest absolute Gasteiger partial charge is 0.274 e. The van der Waals surface area contributed by atoms with Gasteiger partial charge in [-0.05, 0) is 42.8 Å². The highest BCUT2D eigenvalue weighted by molar-refractivity contribution is 6.29. The molecule has 102 valence electrons. The van der Waals surface area contributed by atoms with Gasteiger partial charge in [-0.3, -0.25) is 9.59 Å². The van der Waals surface area contributed by atoms with Gasteiger partial charge in [0.05, 0.1) is 0 Å². The Bertz CT molecular complexity index is 686. The molecule has 0 unspecified atom stereocenters. The fourth-order valence-electron chi connectivity index (χ4n) is 1.68. The van der Waals surface area contributed by atoms with Crippen molar-refractivity contribution in [1.82, 2.24) is 4.98 Å². The van der Waals surface area contributed by atoms with Crippen molar-refractivity contribution in [3.05, 3.63) is 58.4 Å². The van der Waals surface area contributed by atoms with Gasteiger partial charge in [0.25, 0.3) is 5.91 Å². The Morgan fingerprint density at radius 2 is 2.00 bits per heavy atom. The summed E-state index contributed by atoms with van der Waals surface area (Å²) in [6.45, 7) is 1.77. The SMILES string of the molecule is Cc1cc(C(N)=O)ccc1NC(=O)c1cccc(Cl)n1. The minimum atomic E-state index is -0.512. The van der Waals surface area contributed by atoms with Crippen LogP contribution >= 0.6 is 11.6 Å². The lowest BCUT2D eigenvalue weighted by Crippen LogP contribution is -2.15. The number of halogens is 1. The monoisotopic (exact) mass is 289 g/mol. The molecule has 2 rings (SSSR count). The minimum absolute atomic E-state index is 0.218. The Hall–Kier alpha value is -2.40. The van der Waals surface area contributed by atoms with Gasteiger partial charge in [-0.1, -0.05) is 17.7 Å². The van der Waals surface area contributed by atoms with Crippen molar-refractivity contribution in [3.8, 4) is 0 Å². The molecule has 0 atom stereocenters. The summed E-state index contributed by atoms with van der Waals surface area (Å²) in [5.41, 5.74) is 7.12. The fourth-order valence-corrected chi connectivity index (χ4v) is 1.84. The molecule has 6 heteroatoms. The predicted octanol–water partition coefficient (Wildman–Crippen LogP) is 2.39. The summed E-state index contributed by atoms with van der Waals surface area (Å²) in [7, 11) is 0. The summed E-state index contributed by atoms with van der Waals surface area (Å²) in [4.78, 5) is 27.0. The minimum Gasteiger partial charge on any atom is -0.366 e. The molecule has 0 saturated carbocycles. The van der Waals surface area contributed by atoms with Crippen LogP contribution in [0.25, 0.3) is 0 Å². The highest BCUT2D eigenvalue weighted by atomic mass is 35.5. The number of amides is 2.